The van der Waals surface area contributed by atoms with Gasteiger partial charge in [-0.3, -0.25) is 0 Å². The van der Waals surface area contributed by atoms with Crippen LogP contribution in [0.15, 0.2) is 63.3 Å². The van der Waals surface area contributed by atoms with Crippen molar-refractivity contribution in [2.75, 3.05) is 0 Å². The van der Waals surface area contributed by atoms with Crippen LogP contribution in [0.25, 0.3) is 5.57 Å². The molecular formula is C14H9BrS. The average Bonchev–Trinajstić information content (AvgIpc) is 2.36. The molecule has 0 bridgehead atoms. The predicted octanol–water partition coefficient (Wildman–Crippen LogP) is 4.94. The van der Waals surface area contributed by atoms with Crippen molar-refractivity contribution in [3.8, 4) is 0 Å². The summed E-state index contributed by atoms with van der Waals surface area (Å²) < 4.78 is 0. The van der Waals surface area contributed by atoms with E-state index < -0.39 is 0 Å². The highest BCUT2D eigenvalue weighted by atomic mass is 79.9. The van der Waals surface area contributed by atoms with Crippen molar-refractivity contribution in [3.05, 3.63) is 64.6 Å². The zero-order valence-electron chi connectivity index (χ0n) is 8.48. The Kier molecular flexibility index (Phi) is 2.62. The van der Waals surface area contributed by atoms with Gasteiger partial charge in [0.2, 0.25) is 0 Å². The monoisotopic (exact) mass is 288 g/mol. The van der Waals surface area contributed by atoms with Crippen molar-refractivity contribution in [3.63, 3.8) is 0 Å². The fraction of sp³-hybridized carbons (Fsp3) is 0. The largest absolute Gasteiger partial charge is 0.0888 e. The first-order valence-corrected chi connectivity index (χ1v) is 6.80. The van der Waals surface area contributed by atoms with E-state index in [2.05, 4.69) is 64.5 Å². The normalized spacial score (nSPS) is 12.9. The van der Waals surface area contributed by atoms with Gasteiger partial charge >= 0.3 is 0 Å². The van der Waals surface area contributed by atoms with Crippen LogP contribution in [0.3, 0.4) is 0 Å². The molecule has 3 rings (SSSR count). The van der Waals surface area contributed by atoms with Crippen LogP contribution in [0, 0.1) is 0 Å². The Bertz CT molecular complexity index is 525. The molecule has 0 aliphatic carbocycles. The number of hydrogen-bond donors (Lipinski definition) is 0. The Morgan fingerprint density at radius 3 is 1.81 bits per heavy atom. The van der Waals surface area contributed by atoms with Crippen LogP contribution in [0.1, 0.15) is 11.1 Å². The van der Waals surface area contributed by atoms with Gasteiger partial charge in [-0.05, 0) is 33.8 Å². The van der Waals surface area contributed by atoms with Crippen LogP contribution >= 0.6 is 27.7 Å². The summed E-state index contributed by atoms with van der Waals surface area (Å²) >= 11 is 5.32. The summed E-state index contributed by atoms with van der Waals surface area (Å²) in [6, 6.07) is 17.0. The smallest absolute Gasteiger partial charge is 0.0201 e. The zero-order chi connectivity index (χ0) is 11.0. The standard InChI is InChI=1S/C14H9BrS/c15-9-12-10-5-1-3-7-13(10)16-14-8-4-2-6-11(12)14/h1-9H. The van der Waals surface area contributed by atoms with Gasteiger partial charge in [0.25, 0.3) is 0 Å². The molecule has 2 aromatic carbocycles. The number of benzene rings is 2. The van der Waals surface area contributed by atoms with Crippen LogP contribution in [0.2, 0.25) is 0 Å². The van der Waals surface area contributed by atoms with E-state index in [1.807, 2.05) is 16.7 Å². The lowest BCUT2D eigenvalue weighted by atomic mass is 9.99. The van der Waals surface area contributed by atoms with E-state index in [0.717, 1.165) is 0 Å². The molecule has 1 heterocycles. The molecule has 1 aliphatic heterocycles. The van der Waals surface area contributed by atoms with Gasteiger partial charge in [-0.15, -0.1) is 0 Å². The van der Waals surface area contributed by atoms with Gasteiger partial charge in [0.1, 0.15) is 0 Å². The molecule has 0 amide bonds. The molecule has 0 saturated heterocycles. The first-order chi connectivity index (χ1) is 7.90. The minimum atomic E-state index is 1.27. The maximum Gasteiger partial charge on any atom is 0.0201 e. The fourth-order valence-corrected chi connectivity index (χ4v) is 3.54. The van der Waals surface area contributed by atoms with E-state index in [1.54, 1.807) is 0 Å². The number of hydrogen-bond acceptors (Lipinski definition) is 1. The number of halogens is 1. The molecular weight excluding hydrogens is 280 g/mol. The van der Waals surface area contributed by atoms with Gasteiger partial charge in [-0.25, -0.2) is 0 Å². The van der Waals surface area contributed by atoms with E-state index in [-0.39, 0.29) is 0 Å². The van der Waals surface area contributed by atoms with Crippen molar-refractivity contribution < 1.29 is 0 Å². The third kappa shape index (κ3) is 1.53. The van der Waals surface area contributed by atoms with Crippen LogP contribution in [-0.4, -0.2) is 0 Å². The average molecular weight is 289 g/mol. The van der Waals surface area contributed by atoms with Crippen molar-refractivity contribution >= 4 is 33.3 Å². The van der Waals surface area contributed by atoms with Gasteiger partial charge in [0.05, 0.1) is 0 Å². The lowest BCUT2D eigenvalue weighted by Gasteiger charge is -2.21. The lowest BCUT2D eigenvalue weighted by molar-refractivity contribution is 1.29. The van der Waals surface area contributed by atoms with Crippen molar-refractivity contribution in [2.24, 2.45) is 0 Å². The Balaban J connectivity index is 2.28. The highest BCUT2D eigenvalue weighted by Crippen LogP contribution is 2.45. The molecule has 16 heavy (non-hydrogen) atoms. The molecule has 0 spiro atoms. The van der Waals surface area contributed by atoms with Gasteiger partial charge in [0, 0.05) is 9.79 Å². The number of fused-ring (bicyclic) bond motifs is 2. The summed E-state index contributed by atoms with van der Waals surface area (Å²) in [5, 5.41) is 0. The van der Waals surface area contributed by atoms with E-state index in [1.165, 1.54) is 26.5 Å². The van der Waals surface area contributed by atoms with Crippen molar-refractivity contribution in [2.45, 2.75) is 9.79 Å². The first-order valence-electron chi connectivity index (χ1n) is 5.07. The highest BCUT2D eigenvalue weighted by Gasteiger charge is 2.19. The molecule has 0 fully saturated rings. The second-order valence-electron chi connectivity index (χ2n) is 3.62. The van der Waals surface area contributed by atoms with E-state index in [0.29, 0.717) is 0 Å². The molecule has 2 aromatic rings. The summed E-state index contributed by atoms with van der Waals surface area (Å²) in [5.74, 6) is 0. The topological polar surface area (TPSA) is 0 Å². The maximum absolute atomic E-state index is 3.48. The molecule has 0 aromatic heterocycles. The zero-order valence-corrected chi connectivity index (χ0v) is 10.9. The number of rotatable bonds is 0. The SMILES string of the molecule is BrC=C1c2ccccc2Sc2ccccc21. The van der Waals surface area contributed by atoms with Crippen LogP contribution < -0.4 is 0 Å². The third-order valence-electron chi connectivity index (χ3n) is 2.68. The molecule has 0 atom stereocenters. The molecule has 1 aliphatic rings. The van der Waals surface area contributed by atoms with E-state index in [9.17, 15) is 0 Å². The van der Waals surface area contributed by atoms with Crippen molar-refractivity contribution in [1.82, 2.24) is 0 Å². The van der Waals surface area contributed by atoms with Crippen LogP contribution in [-0.2, 0) is 0 Å². The molecule has 0 radical (unpaired) electrons. The predicted molar refractivity (Wildman–Crippen MR) is 73.0 cm³/mol. The second-order valence-corrected chi connectivity index (χ2v) is 5.16. The molecule has 0 unspecified atom stereocenters. The molecule has 0 N–H and O–H groups in total. The Hall–Kier alpha value is -0.990. The molecule has 78 valence electrons. The van der Waals surface area contributed by atoms with Crippen LogP contribution in [0.4, 0.5) is 0 Å². The minimum absolute atomic E-state index is 1.27. The Morgan fingerprint density at radius 2 is 1.31 bits per heavy atom. The second kappa shape index (κ2) is 4.11. The Labute approximate surface area is 108 Å². The van der Waals surface area contributed by atoms with Crippen LogP contribution in [0.5, 0.6) is 0 Å². The quantitative estimate of drug-likeness (QED) is 0.565. The van der Waals surface area contributed by atoms with Crippen molar-refractivity contribution in [1.29, 1.82) is 0 Å². The third-order valence-corrected chi connectivity index (χ3v) is 4.29. The summed E-state index contributed by atoms with van der Waals surface area (Å²) in [7, 11) is 0. The molecule has 2 heteroatoms. The summed E-state index contributed by atoms with van der Waals surface area (Å²) in [5.41, 5.74) is 3.89. The minimum Gasteiger partial charge on any atom is -0.0888 e. The van der Waals surface area contributed by atoms with Gasteiger partial charge in [0.15, 0.2) is 0 Å². The maximum atomic E-state index is 3.48. The highest BCUT2D eigenvalue weighted by molar-refractivity contribution is 9.11. The summed E-state index contributed by atoms with van der Waals surface area (Å²) in [4.78, 5) is 4.67. The van der Waals surface area contributed by atoms with E-state index >= 15 is 0 Å². The van der Waals surface area contributed by atoms with Gasteiger partial charge in [-0.2, -0.15) is 0 Å². The summed E-state index contributed by atoms with van der Waals surface area (Å²) in [6.07, 6.45) is 0. The molecule has 0 saturated carbocycles. The Morgan fingerprint density at radius 1 is 0.812 bits per heavy atom. The first kappa shape index (κ1) is 10.2. The lowest BCUT2D eigenvalue weighted by Crippen LogP contribution is -1.97. The fourth-order valence-electron chi connectivity index (χ4n) is 1.94. The molecule has 0 nitrogen and oxygen atoms in total. The van der Waals surface area contributed by atoms with Gasteiger partial charge < -0.3 is 0 Å². The summed E-state index contributed by atoms with van der Waals surface area (Å²) in [6.45, 7) is 0. The van der Waals surface area contributed by atoms with E-state index in [4.69, 9.17) is 0 Å². The van der Waals surface area contributed by atoms with Gasteiger partial charge in [-0.1, -0.05) is 64.1 Å².